The summed E-state index contributed by atoms with van der Waals surface area (Å²) in [4.78, 5) is 14.7. The molecule has 1 aromatic carbocycles. The number of nitrogens with one attached hydrogen (secondary N) is 2. The third kappa shape index (κ3) is 4.58. The van der Waals surface area contributed by atoms with Gasteiger partial charge in [-0.3, -0.25) is 9.48 Å². The molecule has 7 heteroatoms. The van der Waals surface area contributed by atoms with Gasteiger partial charge in [0.25, 0.3) is 0 Å². The summed E-state index contributed by atoms with van der Waals surface area (Å²) < 4.78 is 7.15. The first-order valence-corrected chi connectivity index (χ1v) is 8.20. The number of nitrogens with zero attached hydrogens (tertiary/aromatic N) is 3. The molecular weight excluding hydrogens is 318 g/mol. The first kappa shape index (κ1) is 19.0. The first-order valence-electron chi connectivity index (χ1n) is 8.20. The third-order valence-electron chi connectivity index (χ3n) is 4.20. The summed E-state index contributed by atoms with van der Waals surface area (Å²) in [5.41, 5.74) is 1.87. The van der Waals surface area contributed by atoms with Crippen LogP contribution in [0.15, 0.2) is 36.7 Å². The van der Waals surface area contributed by atoms with E-state index in [0.717, 1.165) is 16.9 Å². The van der Waals surface area contributed by atoms with Gasteiger partial charge in [-0.05, 0) is 27.2 Å². The van der Waals surface area contributed by atoms with Gasteiger partial charge >= 0.3 is 0 Å². The second-order valence-corrected chi connectivity index (χ2v) is 6.14. The number of methoxy groups -OCH3 is 1. The molecule has 0 saturated carbocycles. The number of carbonyl (C=O) groups excluding carboxylic acids is 1. The number of hydrogen-bond acceptors (Lipinski definition) is 5. The fourth-order valence-corrected chi connectivity index (χ4v) is 2.85. The van der Waals surface area contributed by atoms with Crippen LogP contribution < -0.4 is 15.4 Å². The molecule has 1 amide bonds. The Morgan fingerprint density at radius 1 is 1.36 bits per heavy atom. The van der Waals surface area contributed by atoms with Crippen molar-refractivity contribution in [3.05, 3.63) is 47.8 Å². The Balaban J connectivity index is 2.11. The van der Waals surface area contributed by atoms with Crippen LogP contribution in [-0.2, 0) is 11.8 Å². The van der Waals surface area contributed by atoms with Crippen molar-refractivity contribution in [2.45, 2.75) is 12.1 Å². The van der Waals surface area contributed by atoms with Crippen molar-refractivity contribution in [3.63, 3.8) is 0 Å². The van der Waals surface area contributed by atoms with E-state index >= 15 is 0 Å². The Kier molecular flexibility index (Phi) is 6.55. The molecule has 0 fully saturated rings. The molecule has 0 aliphatic carbocycles. The Morgan fingerprint density at radius 3 is 2.64 bits per heavy atom. The van der Waals surface area contributed by atoms with E-state index in [-0.39, 0.29) is 11.9 Å². The van der Waals surface area contributed by atoms with Crippen LogP contribution in [0, 0.1) is 0 Å². The molecule has 0 spiro atoms. The topological polar surface area (TPSA) is 71.4 Å². The highest BCUT2D eigenvalue weighted by molar-refractivity contribution is 5.83. The molecule has 25 heavy (non-hydrogen) atoms. The molecule has 0 radical (unpaired) electrons. The van der Waals surface area contributed by atoms with E-state index in [1.165, 1.54) is 0 Å². The van der Waals surface area contributed by atoms with Gasteiger partial charge in [0.05, 0.1) is 19.3 Å². The standard InChI is InChI=1S/C18H27N5O2/c1-19-17(13-10-21-23(4)12-13)18(24)20-11-15(22(2)3)14-8-6-7-9-16(14)25-5/h6-10,12,15,17,19H,11H2,1-5H3,(H,20,24). The third-order valence-corrected chi connectivity index (χ3v) is 4.20. The molecule has 2 rings (SSSR count). The van der Waals surface area contributed by atoms with Gasteiger partial charge in [-0.15, -0.1) is 0 Å². The van der Waals surface area contributed by atoms with Gasteiger partial charge in [-0.2, -0.15) is 5.10 Å². The van der Waals surface area contributed by atoms with Crippen molar-refractivity contribution in [2.75, 3.05) is 34.8 Å². The van der Waals surface area contributed by atoms with Crippen LogP contribution in [0.5, 0.6) is 5.75 Å². The predicted molar refractivity (Wildman–Crippen MR) is 97.4 cm³/mol. The van der Waals surface area contributed by atoms with E-state index in [1.807, 2.05) is 51.6 Å². The maximum atomic E-state index is 12.6. The van der Waals surface area contributed by atoms with Crippen LogP contribution in [-0.4, -0.2) is 55.4 Å². The number of benzene rings is 1. The quantitative estimate of drug-likeness (QED) is 0.750. The van der Waals surface area contributed by atoms with Crippen LogP contribution in [0.3, 0.4) is 0 Å². The van der Waals surface area contributed by atoms with Crippen molar-refractivity contribution >= 4 is 5.91 Å². The van der Waals surface area contributed by atoms with Gasteiger partial charge in [0.1, 0.15) is 11.8 Å². The van der Waals surface area contributed by atoms with Crippen molar-refractivity contribution in [1.82, 2.24) is 25.3 Å². The van der Waals surface area contributed by atoms with Gasteiger partial charge in [-0.25, -0.2) is 0 Å². The van der Waals surface area contributed by atoms with Crippen molar-refractivity contribution in [3.8, 4) is 5.75 Å². The molecule has 1 heterocycles. The predicted octanol–water partition coefficient (Wildman–Crippen LogP) is 1.11. The lowest BCUT2D eigenvalue weighted by atomic mass is 10.0. The van der Waals surface area contributed by atoms with Crippen LogP contribution in [0.2, 0.25) is 0 Å². The molecule has 2 N–H and O–H groups in total. The highest BCUT2D eigenvalue weighted by Gasteiger charge is 2.23. The maximum absolute atomic E-state index is 12.6. The maximum Gasteiger partial charge on any atom is 0.241 e. The van der Waals surface area contributed by atoms with Crippen LogP contribution in [0.1, 0.15) is 23.2 Å². The number of aromatic nitrogens is 2. The lowest BCUT2D eigenvalue weighted by molar-refractivity contribution is -0.123. The second kappa shape index (κ2) is 8.64. The molecule has 2 unspecified atom stereocenters. The van der Waals surface area contributed by atoms with E-state index in [2.05, 4.69) is 20.6 Å². The van der Waals surface area contributed by atoms with Crippen molar-refractivity contribution < 1.29 is 9.53 Å². The van der Waals surface area contributed by atoms with E-state index in [0.29, 0.717) is 6.54 Å². The highest BCUT2D eigenvalue weighted by atomic mass is 16.5. The molecule has 0 aliphatic rings. The summed E-state index contributed by atoms with van der Waals surface area (Å²) >= 11 is 0. The lowest BCUT2D eigenvalue weighted by Crippen LogP contribution is -2.40. The number of ether oxygens (including phenoxy) is 1. The normalized spacial score (nSPS) is 13.5. The summed E-state index contributed by atoms with van der Waals surface area (Å²) in [6.07, 6.45) is 3.54. The van der Waals surface area contributed by atoms with E-state index in [1.54, 1.807) is 25.0 Å². The molecule has 2 aromatic rings. The van der Waals surface area contributed by atoms with E-state index < -0.39 is 6.04 Å². The number of hydrogen-bond donors (Lipinski definition) is 2. The highest BCUT2D eigenvalue weighted by Crippen LogP contribution is 2.27. The molecule has 7 nitrogen and oxygen atoms in total. The fourth-order valence-electron chi connectivity index (χ4n) is 2.85. The molecule has 1 aromatic heterocycles. The average Bonchev–Trinajstić information content (AvgIpc) is 3.02. The zero-order valence-corrected chi connectivity index (χ0v) is 15.5. The Labute approximate surface area is 149 Å². The second-order valence-electron chi connectivity index (χ2n) is 6.14. The van der Waals surface area contributed by atoms with Crippen LogP contribution in [0.25, 0.3) is 0 Å². The van der Waals surface area contributed by atoms with Gasteiger partial charge in [0.2, 0.25) is 5.91 Å². The number of para-hydroxylation sites is 1. The van der Waals surface area contributed by atoms with Gasteiger partial charge in [0, 0.05) is 30.9 Å². The Hall–Kier alpha value is -2.38. The van der Waals surface area contributed by atoms with E-state index in [4.69, 9.17) is 4.74 Å². The minimum Gasteiger partial charge on any atom is -0.496 e. The number of likely N-dealkylation sites (N-methyl/N-ethyl adjacent to an activating group) is 2. The van der Waals surface area contributed by atoms with Gasteiger partial charge in [-0.1, -0.05) is 18.2 Å². The minimum absolute atomic E-state index is 0.00602. The summed E-state index contributed by atoms with van der Waals surface area (Å²) in [5.74, 6) is 0.727. The molecule has 136 valence electrons. The minimum atomic E-state index is -0.436. The number of amides is 1. The first-order chi connectivity index (χ1) is 12.0. The fraction of sp³-hybridized carbons (Fsp3) is 0.444. The molecule has 0 saturated heterocycles. The molecular formula is C18H27N5O2. The molecule has 0 aliphatic heterocycles. The van der Waals surface area contributed by atoms with E-state index in [9.17, 15) is 4.79 Å². The summed E-state index contributed by atoms with van der Waals surface area (Å²) in [6, 6.07) is 7.43. The molecule has 2 atom stereocenters. The number of carbonyl (C=O) groups is 1. The van der Waals surface area contributed by atoms with Crippen molar-refractivity contribution in [2.24, 2.45) is 7.05 Å². The van der Waals surface area contributed by atoms with Crippen LogP contribution in [0.4, 0.5) is 0 Å². The summed E-state index contributed by atoms with van der Waals surface area (Å²) in [6.45, 7) is 0.477. The number of rotatable bonds is 8. The lowest BCUT2D eigenvalue weighted by Gasteiger charge is -2.27. The van der Waals surface area contributed by atoms with Gasteiger partial charge in [0.15, 0.2) is 0 Å². The Bertz CT molecular complexity index is 698. The van der Waals surface area contributed by atoms with Crippen molar-refractivity contribution in [1.29, 1.82) is 0 Å². The largest absolute Gasteiger partial charge is 0.496 e. The average molecular weight is 345 g/mol. The zero-order valence-electron chi connectivity index (χ0n) is 15.5. The molecule has 0 bridgehead atoms. The monoisotopic (exact) mass is 345 g/mol. The zero-order chi connectivity index (χ0) is 18.4. The Morgan fingerprint density at radius 2 is 2.08 bits per heavy atom. The SMILES string of the molecule is CNC(C(=O)NCC(c1ccccc1OC)N(C)C)c1cnn(C)c1. The van der Waals surface area contributed by atoms with Crippen LogP contribution >= 0.6 is 0 Å². The summed E-state index contributed by atoms with van der Waals surface area (Å²) in [5, 5.41) is 10.2. The van der Waals surface area contributed by atoms with Gasteiger partial charge < -0.3 is 20.3 Å². The smallest absolute Gasteiger partial charge is 0.241 e. The summed E-state index contributed by atoms with van der Waals surface area (Å²) in [7, 11) is 9.22. The number of aryl methyl sites for hydroxylation is 1.